The van der Waals surface area contributed by atoms with Gasteiger partial charge in [-0.15, -0.1) is 0 Å². The fraction of sp³-hybridized carbons (Fsp3) is 0.214. The molecule has 0 aliphatic rings. The molecule has 2 heteroatoms. The SMILES string of the molecule is C=Cc1ccc(NC(C)=O)cc1C=C.CC.[HH]. The molecule has 0 aromatic heterocycles. The Hall–Kier alpha value is -1.83. The summed E-state index contributed by atoms with van der Waals surface area (Å²) < 4.78 is 0. The van der Waals surface area contributed by atoms with E-state index in [0.29, 0.717) is 0 Å². The van der Waals surface area contributed by atoms with Crippen molar-refractivity contribution in [2.24, 2.45) is 0 Å². The summed E-state index contributed by atoms with van der Waals surface area (Å²) in [5, 5.41) is 2.71. The van der Waals surface area contributed by atoms with Crippen LogP contribution in [0.1, 0.15) is 33.3 Å². The molecule has 16 heavy (non-hydrogen) atoms. The molecule has 1 aromatic carbocycles. The maximum Gasteiger partial charge on any atom is 0.221 e. The number of nitrogens with one attached hydrogen (secondary N) is 1. The highest BCUT2D eigenvalue weighted by atomic mass is 16.1. The van der Waals surface area contributed by atoms with Crippen molar-refractivity contribution in [3.8, 4) is 0 Å². The van der Waals surface area contributed by atoms with Crippen molar-refractivity contribution in [1.82, 2.24) is 0 Å². The predicted molar refractivity (Wildman–Crippen MR) is 74.4 cm³/mol. The second-order valence-corrected chi connectivity index (χ2v) is 2.93. The van der Waals surface area contributed by atoms with Crippen molar-refractivity contribution >= 4 is 23.7 Å². The maximum atomic E-state index is 10.8. The summed E-state index contributed by atoms with van der Waals surface area (Å²) in [5.74, 6) is -0.0774. The maximum absolute atomic E-state index is 10.8. The lowest BCUT2D eigenvalue weighted by molar-refractivity contribution is -0.114. The minimum atomic E-state index is -0.0774. The van der Waals surface area contributed by atoms with Crippen LogP contribution in [0.3, 0.4) is 0 Å². The number of benzene rings is 1. The lowest BCUT2D eigenvalue weighted by Gasteiger charge is -2.05. The first-order valence-corrected chi connectivity index (χ1v) is 5.34. The molecule has 0 aliphatic heterocycles. The molecular weight excluding hydrogens is 198 g/mol. The average molecular weight is 219 g/mol. The summed E-state index contributed by atoms with van der Waals surface area (Å²) in [6.45, 7) is 12.9. The molecule has 1 N–H and O–H groups in total. The lowest BCUT2D eigenvalue weighted by Crippen LogP contribution is -2.05. The standard InChI is InChI=1S/C12H13NO.C2H6.H2/c1-4-10-6-7-12(13-9(3)14)8-11(10)5-2;1-2;/h4-8H,1-2H2,3H3,(H,13,14);1-2H3;1H. The van der Waals surface area contributed by atoms with Crippen molar-refractivity contribution in [2.75, 3.05) is 5.32 Å². The number of rotatable bonds is 3. The molecule has 1 rings (SSSR count). The van der Waals surface area contributed by atoms with Crippen molar-refractivity contribution in [3.63, 3.8) is 0 Å². The normalized spacial score (nSPS) is 8.44. The van der Waals surface area contributed by atoms with Gasteiger partial charge in [-0.1, -0.05) is 45.2 Å². The van der Waals surface area contributed by atoms with Gasteiger partial charge in [-0.3, -0.25) is 4.79 Å². The van der Waals surface area contributed by atoms with E-state index >= 15 is 0 Å². The fourth-order valence-corrected chi connectivity index (χ4v) is 1.22. The fourth-order valence-electron chi connectivity index (χ4n) is 1.22. The lowest BCUT2D eigenvalue weighted by atomic mass is 10.1. The summed E-state index contributed by atoms with van der Waals surface area (Å²) in [5.41, 5.74) is 2.75. The Morgan fingerprint density at radius 1 is 1.25 bits per heavy atom. The van der Waals surface area contributed by atoms with Gasteiger partial charge in [0.05, 0.1) is 0 Å². The van der Waals surface area contributed by atoms with Crippen molar-refractivity contribution in [3.05, 3.63) is 42.5 Å². The van der Waals surface area contributed by atoms with E-state index in [4.69, 9.17) is 0 Å². The van der Waals surface area contributed by atoms with E-state index in [1.165, 1.54) is 6.92 Å². The van der Waals surface area contributed by atoms with Gasteiger partial charge in [0.2, 0.25) is 5.91 Å². The zero-order valence-corrected chi connectivity index (χ0v) is 10.2. The second-order valence-electron chi connectivity index (χ2n) is 2.93. The largest absolute Gasteiger partial charge is 0.326 e. The van der Waals surface area contributed by atoms with Gasteiger partial charge >= 0.3 is 0 Å². The van der Waals surface area contributed by atoms with Crippen LogP contribution in [0.15, 0.2) is 31.4 Å². The Labute approximate surface area is 99.2 Å². The number of amides is 1. The predicted octanol–water partition coefficient (Wildman–Crippen LogP) is 4.20. The van der Waals surface area contributed by atoms with Crippen LogP contribution in [0.2, 0.25) is 0 Å². The third-order valence-corrected chi connectivity index (χ3v) is 1.85. The Bertz CT molecular complexity index is 386. The van der Waals surface area contributed by atoms with Crippen molar-refractivity contribution < 1.29 is 6.22 Å². The minimum absolute atomic E-state index is 0. The van der Waals surface area contributed by atoms with E-state index in [0.717, 1.165) is 16.8 Å². The number of hydrogen-bond acceptors (Lipinski definition) is 1. The quantitative estimate of drug-likeness (QED) is 0.811. The van der Waals surface area contributed by atoms with Gasteiger partial charge in [0.15, 0.2) is 0 Å². The highest BCUT2D eigenvalue weighted by Crippen LogP contribution is 2.17. The van der Waals surface area contributed by atoms with Gasteiger partial charge in [-0.05, 0) is 23.3 Å². The van der Waals surface area contributed by atoms with Gasteiger partial charge in [-0.2, -0.15) is 0 Å². The topological polar surface area (TPSA) is 29.1 Å². The highest BCUT2D eigenvalue weighted by molar-refractivity contribution is 5.89. The van der Waals surface area contributed by atoms with E-state index in [9.17, 15) is 4.79 Å². The highest BCUT2D eigenvalue weighted by Gasteiger charge is 1.99. The molecule has 0 saturated carbocycles. The summed E-state index contributed by atoms with van der Waals surface area (Å²) in [4.78, 5) is 10.8. The Morgan fingerprint density at radius 3 is 2.25 bits per heavy atom. The van der Waals surface area contributed by atoms with E-state index in [2.05, 4.69) is 18.5 Å². The number of carbonyl (C=O) groups excluding carboxylic acids is 1. The van der Waals surface area contributed by atoms with Crippen LogP contribution >= 0.6 is 0 Å². The summed E-state index contributed by atoms with van der Waals surface area (Å²) in [7, 11) is 0. The molecule has 1 amide bonds. The number of hydrogen-bond donors (Lipinski definition) is 1. The molecule has 0 fully saturated rings. The van der Waals surface area contributed by atoms with Crippen molar-refractivity contribution in [2.45, 2.75) is 20.8 Å². The molecule has 1 aromatic rings. The van der Waals surface area contributed by atoms with Gasteiger partial charge in [-0.25, -0.2) is 0 Å². The molecule has 0 saturated heterocycles. The van der Waals surface area contributed by atoms with Crippen LogP contribution in [0.5, 0.6) is 0 Å². The Balaban J connectivity index is 0. The first-order chi connectivity index (χ1) is 7.67. The summed E-state index contributed by atoms with van der Waals surface area (Å²) >= 11 is 0. The molecule has 0 spiro atoms. The molecule has 0 heterocycles. The van der Waals surface area contributed by atoms with Crippen LogP contribution in [0, 0.1) is 0 Å². The third-order valence-electron chi connectivity index (χ3n) is 1.85. The smallest absolute Gasteiger partial charge is 0.221 e. The minimum Gasteiger partial charge on any atom is -0.326 e. The summed E-state index contributed by atoms with van der Waals surface area (Å²) in [6, 6.07) is 5.60. The van der Waals surface area contributed by atoms with Gasteiger partial charge in [0.25, 0.3) is 0 Å². The average Bonchev–Trinajstić information content (AvgIpc) is 2.30. The van der Waals surface area contributed by atoms with Crippen LogP contribution in [0.4, 0.5) is 5.69 Å². The first kappa shape index (κ1) is 14.2. The van der Waals surface area contributed by atoms with E-state index < -0.39 is 0 Å². The molecule has 0 radical (unpaired) electrons. The molecule has 0 aliphatic carbocycles. The molecule has 0 unspecified atom stereocenters. The van der Waals surface area contributed by atoms with Gasteiger partial charge in [0, 0.05) is 14.0 Å². The van der Waals surface area contributed by atoms with Crippen LogP contribution in [-0.2, 0) is 4.79 Å². The zero-order valence-electron chi connectivity index (χ0n) is 10.2. The Morgan fingerprint density at radius 2 is 1.81 bits per heavy atom. The summed E-state index contributed by atoms with van der Waals surface area (Å²) in [6.07, 6.45) is 3.50. The van der Waals surface area contributed by atoms with Crippen LogP contribution < -0.4 is 5.32 Å². The molecule has 88 valence electrons. The third kappa shape index (κ3) is 4.13. The second kappa shape index (κ2) is 7.46. The molecule has 2 nitrogen and oxygen atoms in total. The van der Waals surface area contributed by atoms with Crippen LogP contribution in [0.25, 0.3) is 12.2 Å². The molecular formula is C14H21NO. The van der Waals surface area contributed by atoms with Gasteiger partial charge in [0.1, 0.15) is 0 Å². The van der Waals surface area contributed by atoms with E-state index in [1.54, 1.807) is 12.2 Å². The monoisotopic (exact) mass is 219 g/mol. The number of carbonyl (C=O) groups is 1. The number of anilines is 1. The molecule has 0 bridgehead atoms. The van der Waals surface area contributed by atoms with Gasteiger partial charge < -0.3 is 5.32 Å². The first-order valence-electron chi connectivity index (χ1n) is 5.34. The van der Waals surface area contributed by atoms with Crippen molar-refractivity contribution in [1.29, 1.82) is 0 Å². The van der Waals surface area contributed by atoms with Crippen LogP contribution in [-0.4, -0.2) is 5.91 Å². The van der Waals surface area contributed by atoms with E-state index in [-0.39, 0.29) is 7.33 Å². The van der Waals surface area contributed by atoms with E-state index in [1.807, 2.05) is 32.0 Å². The molecule has 0 atom stereocenters. The Kier molecular flexibility index (Phi) is 6.61. The zero-order chi connectivity index (χ0) is 12.6.